The Balaban J connectivity index is 2.78. The highest BCUT2D eigenvalue weighted by atomic mass is 16.3. The lowest BCUT2D eigenvalue weighted by Crippen LogP contribution is -2.03. The maximum Gasteiger partial charge on any atom is 0.0610 e. The minimum Gasteiger partial charge on any atom is -0.395 e. The summed E-state index contributed by atoms with van der Waals surface area (Å²) in [5, 5.41) is 10.2. The molecule has 0 spiro atoms. The lowest BCUT2D eigenvalue weighted by atomic mass is 10.1. The number of hydrogen-bond acceptors (Lipinski definition) is 1. The van der Waals surface area contributed by atoms with Gasteiger partial charge in [-0.2, -0.15) is 0 Å². The van der Waals surface area contributed by atoms with E-state index in [1.807, 2.05) is 18.2 Å². The molecule has 0 aliphatic carbocycles. The van der Waals surface area contributed by atoms with Crippen LogP contribution in [0.25, 0.3) is 17.0 Å². The fraction of sp³-hybridized carbons (Fsp3) is 0.231. The average Bonchev–Trinajstić information content (AvgIpc) is 2.53. The van der Waals surface area contributed by atoms with Gasteiger partial charge in [0.1, 0.15) is 0 Å². The SMILES string of the molecule is C=Cc1c(C)n(CCO)c2ccccc12. The molecule has 2 nitrogen and oxygen atoms in total. The molecular formula is C13H15NO. The normalized spacial score (nSPS) is 10.8. The number of hydrogen-bond donors (Lipinski definition) is 1. The van der Waals surface area contributed by atoms with Crippen molar-refractivity contribution in [1.82, 2.24) is 4.57 Å². The van der Waals surface area contributed by atoms with Crippen LogP contribution < -0.4 is 0 Å². The molecule has 0 saturated heterocycles. The van der Waals surface area contributed by atoms with Crippen LogP contribution in [0.3, 0.4) is 0 Å². The number of aliphatic hydroxyl groups is 1. The number of aliphatic hydroxyl groups excluding tert-OH is 1. The minimum atomic E-state index is 0.163. The van der Waals surface area contributed by atoms with Gasteiger partial charge in [0.15, 0.2) is 0 Å². The summed E-state index contributed by atoms with van der Waals surface area (Å²) in [5.74, 6) is 0. The fourth-order valence-corrected chi connectivity index (χ4v) is 2.10. The van der Waals surface area contributed by atoms with Crippen molar-refractivity contribution in [2.75, 3.05) is 6.61 Å². The van der Waals surface area contributed by atoms with Crippen molar-refractivity contribution >= 4 is 17.0 Å². The molecule has 1 N–H and O–H groups in total. The van der Waals surface area contributed by atoms with Gasteiger partial charge in [-0.25, -0.2) is 0 Å². The topological polar surface area (TPSA) is 25.2 Å². The third-order valence-electron chi connectivity index (χ3n) is 2.81. The Morgan fingerprint density at radius 1 is 1.40 bits per heavy atom. The number of rotatable bonds is 3. The molecule has 0 bridgehead atoms. The average molecular weight is 201 g/mol. The van der Waals surface area contributed by atoms with Crippen LogP contribution in [-0.4, -0.2) is 16.3 Å². The van der Waals surface area contributed by atoms with Crippen LogP contribution >= 0.6 is 0 Å². The second-order valence-corrected chi connectivity index (χ2v) is 3.60. The van der Waals surface area contributed by atoms with E-state index in [4.69, 9.17) is 5.11 Å². The molecule has 78 valence electrons. The second kappa shape index (κ2) is 3.91. The van der Waals surface area contributed by atoms with Crippen LogP contribution in [0.4, 0.5) is 0 Å². The number of para-hydroxylation sites is 1. The van der Waals surface area contributed by atoms with Crippen molar-refractivity contribution in [3.63, 3.8) is 0 Å². The van der Waals surface area contributed by atoms with E-state index in [1.54, 1.807) is 0 Å². The van der Waals surface area contributed by atoms with Gasteiger partial charge in [0.2, 0.25) is 0 Å². The molecule has 0 radical (unpaired) electrons. The van der Waals surface area contributed by atoms with Gasteiger partial charge >= 0.3 is 0 Å². The van der Waals surface area contributed by atoms with Crippen molar-refractivity contribution in [2.45, 2.75) is 13.5 Å². The van der Waals surface area contributed by atoms with Gasteiger partial charge in [0.25, 0.3) is 0 Å². The first-order valence-electron chi connectivity index (χ1n) is 5.10. The van der Waals surface area contributed by atoms with E-state index in [-0.39, 0.29) is 6.61 Å². The summed E-state index contributed by atoms with van der Waals surface area (Å²) < 4.78 is 2.13. The minimum absolute atomic E-state index is 0.163. The summed E-state index contributed by atoms with van der Waals surface area (Å²) >= 11 is 0. The van der Waals surface area contributed by atoms with Crippen LogP contribution in [0.5, 0.6) is 0 Å². The summed E-state index contributed by atoms with van der Waals surface area (Å²) in [6.07, 6.45) is 1.88. The molecule has 1 aromatic carbocycles. The van der Waals surface area contributed by atoms with Gasteiger partial charge in [0, 0.05) is 28.7 Å². The summed E-state index contributed by atoms with van der Waals surface area (Å²) in [6, 6.07) is 8.21. The molecule has 2 rings (SSSR count). The number of fused-ring (bicyclic) bond motifs is 1. The van der Waals surface area contributed by atoms with Crippen molar-refractivity contribution in [2.24, 2.45) is 0 Å². The fourth-order valence-electron chi connectivity index (χ4n) is 2.10. The molecule has 1 heterocycles. The summed E-state index contributed by atoms with van der Waals surface area (Å²) in [7, 11) is 0. The molecule has 0 aliphatic rings. The van der Waals surface area contributed by atoms with Crippen LogP contribution in [0.2, 0.25) is 0 Å². The Morgan fingerprint density at radius 3 is 2.80 bits per heavy atom. The maximum atomic E-state index is 9.04. The first-order valence-corrected chi connectivity index (χ1v) is 5.10. The van der Waals surface area contributed by atoms with Gasteiger partial charge in [-0.05, 0) is 13.0 Å². The Morgan fingerprint density at radius 2 is 2.13 bits per heavy atom. The van der Waals surface area contributed by atoms with Crippen molar-refractivity contribution < 1.29 is 5.11 Å². The molecule has 0 atom stereocenters. The molecule has 0 saturated carbocycles. The lowest BCUT2D eigenvalue weighted by Gasteiger charge is -2.05. The van der Waals surface area contributed by atoms with E-state index >= 15 is 0 Å². The predicted octanol–water partition coefficient (Wildman–Crippen LogP) is 2.59. The largest absolute Gasteiger partial charge is 0.395 e. The monoisotopic (exact) mass is 201 g/mol. The molecule has 2 aromatic rings. The van der Waals surface area contributed by atoms with Gasteiger partial charge in [-0.3, -0.25) is 0 Å². The standard InChI is InChI=1S/C13H15NO/c1-3-11-10(2)14(8-9-15)13-7-5-4-6-12(11)13/h3-7,15H,1,8-9H2,2H3. The van der Waals surface area contributed by atoms with Crippen molar-refractivity contribution in [3.05, 3.63) is 42.1 Å². The highest BCUT2D eigenvalue weighted by molar-refractivity contribution is 5.90. The highest BCUT2D eigenvalue weighted by Gasteiger charge is 2.09. The summed E-state index contributed by atoms with van der Waals surface area (Å²) in [5.41, 5.74) is 3.50. The van der Waals surface area contributed by atoms with E-state index in [0.717, 1.165) is 0 Å². The van der Waals surface area contributed by atoms with E-state index in [9.17, 15) is 0 Å². The maximum absolute atomic E-state index is 9.04. The molecular weight excluding hydrogens is 186 g/mol. The molecule has 0 fully saturated rings. The smallest absolute Gasteiger partial charge is 0.0610 e. The summed E-state index contributed by atoms with van der Waals surface area (Å²) in [4.78, 5) is 0. The number of nitrogens with zero attached hydrogens (tertiary/aromatic N) is 1. The third-order valence-corrected chi connectivity index (χ3v) is 2.81. The van der Waals surface area contributed by atoms with Crippen LogP contribution in [0, 0.1) is 6.92 Å². The molecule has 0 aliphatic heterocycles. The van der Waals surface area contributed by atoms with Crippen LogP contribution in [0.1, 0.15) is 11.3 Å². The highest BCUT2D eigenvalue weighted by Crippen LogP contribution is 2.26. The van der Waals surface area contributed by atoms with Gasteiger partial charge in [-0.15, -0.1) is 0 Å². The predicted molar refractivity (Wildman–Crippen MR) is 63.9 cm³/mol. The Kier molecular flexibility index (Phi) is 2.60. The first kappa shape index (κ1) is 9.99. The number of aromatic nitrogens is 1. The summed E-state index contributed by atoms with van der Waals surface area (Å²) in [6.45, 7) is 6.70. The third kappa shape index (κ3) is 1.47. The number of benzene rings is 1. The molecule has 0 unspecified atom stereocenters. The van der Waals surface area contributed by atoms with Crippen molar-refractivity contribution in [3.8, 4) is 0 Å². The van der Waals surface area contributed by atoms with Crippen molar-refractivity contribution in [1.29, 1.82) is 0 Å². The zero-order valence-corrected chi connectivity index (χ0v) is 8.90. The quantitative estimate of drug-likeness (QED) is 0.811. The van der Waals surface area contributed by atoms with Gasteiger partial charge in [-0.1, -0.05) is 30.9 Å². The van der Waals surface area contributed by atoms with E-state index in [1.165, 1.54) is 22.2 Å². The zero-order valence-electron chi connectivity index (χ0n) is 8.90. The molecule has 1 aromatic heterocycles. The van der Waals surface area contributed by atoms with E-state index in [0.29, 0.717) is 6.54 Å². The van der Waals surface area contributed by atoms with Crippen LogP contribution in [0.15, 0.2) is 30.8 Å². The first-order chi connectivity index (χ1) is 7.29. The Labute approximate surface area is 89.5 Å². The zero-order chi connectivity index (χ0) is 10.8. The van der Waals surface area contributed by atoms with Gasteiger partial charge in [0.05, 0.1) is 6.61 Å². The lowest BCUT2D eigenvalue weighted by molar-refractivity contribution is 0.277. The molecule has 15 heavy (non-hydrogen) atoms. The van der Waals surface area contributed by atoms with Gasteiger partial charge < -0.3 is 9.67 Å². The second-order valence-electron chi connectivity index (χ2n) is 3.60. The molecule has 2 heteroatoms. The van der Waals surface area contributed by atoms with E-state index < -0.39 is 0 Å². The van der Waals surface area contributed by atoms with E-state index in [2.05, 4.69) is 30.2 Å². The Bertz CT molecular complexity index is 496. The Hall–Kier alpha value is -1.54. The van der Waals surface area contributed by atoms with Crippen LogP contribution in [-0.2, 0) is 6.54 Å². The molecule has 0 amide bonds.